The summed E-state index contributed by atoms with van der Waals surface area (Å²) in [7, 11) is 0. The van der Waals surface area contributed by atoms with E-state index in [1.165, 1.54) is 0 Å². The molecule has 2 heterocycles. The van der Waals surface area contributed by atoms with Crippen molar-refractivity contribution in [3.05, 3.63) is 12.7 Å². The lowest BCUT2D eigenvalue weighted by molar-refractivity contribution is -0.129. The number of likely N-dealkylation sites (tertiary alicyclic amines) is 1. The van der Waals surface area contributed by atoms with Gasteiger partial charge in [0.1, 0.15) is 6.04 Å². The number of hydrogen-bond acceptors (Lipinski definition) is 4. The third kappa shape index (κ3) is 4.03. The summed E-state index contributed by atoms with van der Waals surface area (Å²) in [5.74, 6) is 0.0781. The molecule has 0 aromatic carbocycles. The van der Waals surface area contributed by atoms with Crippen molar-refractivity contribution in [1.82, 2.24) is 15.5 Å². The average Bonchev–Trinajstić information content (AvgIpc) is 2.42. The maximum absolute atomic E-state index is 12.2. The van der Waals surface area contributed by atoms with Gasteiger partial charge in [-0.2, -0.15) is 0 Å². The van der Waals surface area contributed by atoms with Crippen molar-refractivity contribution in [3.63, 3.8) is 0 Å². The minimum absolute atomic E-state index is 0.0467. The fourth-order valence-electron chi connectivity index (χ4n) is 2.76. The molecule has 2 N–H and O–H groups in total. The van der Waals surface area contributed by atoms with Crippen LogP contribution in [0.2, 0.25) is 0 Å². The molecule has 2 atom stereocenters. The number of carbonyl (C=O) groups is 1. The number of carbonyl (C=O) groups excluding carboxylic acids is 1. The van der Waals surface area contributed by atoms with Crippen LogP contribution in [-0.4, -0.2) is 61.8 Å². The fourth-order valence-corrected chi connectivity index (χ4v) is 2.76. The van der Waals surface area contributed by atoms with E-state index < -0.39 is 0 Å². The molecule has 0 saturated carbocycles. The number of piperidine rings is 1. The fraction of sp³-hybridized carbons (Fsp3) is 0.786. The number of ether oxygens (including phenoxy) is 1. The van der Waals surface area contributed by atoms with Crippen LogP contribution in [0.1, 0.15) is 19.8 Å². The molecule has 19 heavy (non-hydrogen) atoms. The largest absolute Gasteiger partial charge is 0.375 e. The second kappa shape index (κ2) is 7.03. The molecule has 1 amide bonds. The Bertz CT molecular complexity index is 314. The van der Waals surface area contributed by atoms with Crippen LogP contribution in [0.25, 0.3) is 0 Å². The number of hydrogen-bond donors (Lipinski definition) is 2. The first-order chi connectivity index (χ1) is 9.20. The summed E-state index contributed by atoms with van der Waals surface area (Å²) in [5.41, 5.74) is 0. The maximum Gasteiger partial charge on any atom is 0.240 e. The third-order valence-corrected chi connectivity index (χ3v) is 3.92. The Hall–Kier alpha value is -0.910. The predicted molar refractivity (Wildman–Crippen MR) is 75.0 cm³/mol. The summed E-state index contributed by atoms with van der Waals surface area (Å²) in [6.07, 6.45) is 3.92. The number of morpholine rings is 1. The molecule has 0 aromatic rings. The van der Waals surface area contributed by atoms with Crippen molar-refractivity contribution >= 4 is 5.91 Å². The average molecular weight is 267 g/mol. The van der Waals surface area contributed by atoms with Gasteiger partial charge in [-0.1, -0.05) is 6.08 Å². The quantitative estimate of drug-likeness (QED) is 0.711. The molecule has 0 aromatic heterocycles. The lowest BCUT2D eigenvalue weighted by Crippen LogP contribution is -2.58. The zero-order valence-electron chi connectivity index (χ0n) is 11.7. The van der Waals surface area contributed by atoms with Gasteiger partial charge in [-0.3, -0.25) is 9.69 Å². The minimum atomic E-state index is -0.208. The second-order valence-corrected chi connectivity index (χ2v) is 5.38. The van der Waals surface area contributed by atoms with Gasteiger partial charge < -0.3 is 15.4 Å². The van der Waals surface area contributed by atoms with Crippen LogP contribution < -0.4 is 10.6 Å². The monoisotopic (exact) mass is 267 g/mol. The lowest BCUT2D eigenvalue weighted by Gasteiger charge is -2.34. The summed E-state index contributed by atoms with van der Waals surface area (Å²) in [4.78, 5) is 14.6. The molecule has 0 bridgehead atoms. The smallest absolute Gasteiger partial charge is 0.240 e. The Kier molecular flexibility index (Phi) is 5.36. The van der Waals surface area contributed by atoms with Crippen LogP contribution in [0.4, 0.5) is 0 Å². The van der Waals surface area contributed by atoms with Crippen LogP contribution in [0, 0.1) is 0 Å². The Morgan fingerprint density at radius 2 is 2.26 bits per heavy atom. The highest BCUT2D eigenvalue weighted by atomic mass is 16.5. The van der Waals surface area contributed by atoms with Crippen LogP contribution in [0.5, 0.6) is 0 Å². The zero-order chi connectivity index (χ0) is 13.7. The molecule has 5 nitrogen and oxygen atoms in total. The van der Waals surface area contributed by atoms with Crippen molar-refractivity contribution in [2.24, 2.45) is 0 Å². The summed E-state index contributed by atoms with van der Waals surface area (Å²) >= 11 is 0. The number of amides is 1. The molecular formula is C14H25N3O2. The SMILES string of the molecule is C=CCN1CCC(NC(=O)[C@H]2NCCO[C@@H]2C)CC1. The summed E-state index contributed by atoms with van der Waals surface area (Å²) < 4.78 is 5.51. The van der Waals surface area contributed by atoms with Crippen molar-refractivity contribution in [2.45, 2.75) is 38.0 Å². The number of nitrogens with zero attached hydrogens (tertiary/aromatic N) is 1. The van der Waals surface area contributed by atoms with Crippen LogP contribution >= 0.6 is 0 Å². The van der Waals surface area contributed by atoms with Gasteiger partial charge in [0.25, 0.3) is 0 Å². The normalized spacial score (nSPS) is 29.9. The molecule has 2 aliphatic rings. The zero-order valence-corrected chi connectivity index (χ0v) is 11.7. The molecule has 0 spiro atoms. The third-order valence-electron chi connectivity index (χ3n) is 3.92. The molecule has 2 rings (SSSR count). The first-order valence-electron chi connectivity index (χ1n) is 7.19. The molecule has 5 heteroatoms. The Balaban J connectivity index is 1.75. The summed E-state index contributed by atoms with van der Waals surface area (Å²) in [5, 5.41) is 6.37. The Labute approximate surface area is 115 Å². The van der Waals surface area contributed by atoms with E-state index in [1.807, 2.05) is 13.0 Å². The molecule has 108 valence electrons. The van der Waals surface area contributed by atoms with Gasteiger partial charge in [0.15, 0.2) is 0 Å². The van der Waals surface area contributed by atoms with Crippen molar-refractivity contribution < 1.29 is 9.53 Å². The predicted octanol–water partition coefficient (Wildman–Crippen LogP) is 0.130. The highest BCUT2D eigenvalue weighted by Crippen LogP contribution is 2.11. The topological polar surface area (TPSA) is 53.6 Å². The highest BCUT2D eigenvalue weighted by Gasteiger charge is 2.30. The van der Waals surface area contributed by atoms with Crippen molar-refractivity contribution in [3.8, 4) is 0 Å². The Morgan fingerprint density at radius 3 is 2.89 bits per heavy atom. The van der Waals surface area contributed by atoms with Gasteiger partial charge in [-0.15, -0.1) is 6.58 Å². The van der Waals surface area contributed by atoms with E-state index in [0.717, 1.165) is 39.0 Å². The highest BCUT2D eigenvalue weighted by molar-refractivity contribution is 5.82. The van der Waals surface area contributed by atoms with E-state index >= 15 is 0 Å². The molecule has 2 fully saturated rings. The van der Waals surface area contributed by atoms with E-state index in [4.69, 9.17) is 4.74 Å². The van der Waals surface area contributed by atoms with Gasteiger partial charge in [-0.05, 0) is 19.8 Å². The molecular weight excluding hydrogens is 242 g/mol. The van der Waals surface area contributed by atoms with E-state index in [2.05, 4.69) is 22.1 Å². The number of rotatable bonds is 4. The standard InChI is InChI=1S/C14H25N3O2/c1-3-7-17-8-4-12(5-9-17)16-14(18)13-11(2)19-10-6-15-13/h3,11-13,15H,1,4-10H2,2H3,(H,16,18)/t11-,13+/m1/s1. The van der Waals surface area contributed by atoms with E-state index in [-0.39, 0.29) is 18.1 Å². The van der Waals surface area contributed by atoms with Crippen molar-refractivity contribution in [2.75, 3.05) is 32.8 Å². The van der Waals surface area contributed by atoms with E-state index in [1.54, 1.807) is 0 Å². The molecule has 0 radical (unpaired) electrons. The van der Waals surface area contributed by atoms with Gasteiger partial charge in [0.05, 0.1) is 12.7 Å². The minimum Gasteiger partial charge on any atom is -0.375 e. The first-order valence-corrected chi connectivity index (χ1v) is 7.19. The molecule has 2 aliphatic heterocycles. The molecule has 2 saturated heterocycles. The van der Waals surface area contributed by atoms with Crippen LogP contribution in [0.15, 0.2) is 12.7 Å². The van der Waals surface area contributed by atoms with Gasteiger partial charge in [-0.25, -0.2) is 0 Å². The first kappa shape index (κ1) is 14.5. The van der Waals surface area contributed by atoms with Crippen LogP contribution in [0.3, 0.4) is 0 Å². The van der Waals surface area contributed by atoms with Crippen LogP contribution in [-0.2, 0) is 9.53 Å². The second-order valence-electron chi connectivity index (χ2n) is 5.38. The number of nitrogens with one attached hydrogen (secondary N) is 2. The van der Waals surface area contributed by atoms with Crippen molar-refractivity contribution in [1.29, 1.82) is 0 Å². The molecule has 0 unspecified atom stereocenters. The van der Waals surface area contributed by atoms with Gasteiger partial charge in [0, 0.05) is 32.2 Å². The Morgan fingerprint density at radius 1 is 1.53 bits per heavy atom. The van der Waals surface area contributed by atoms with Gasteiger partial charge >= 0.3 is 0 Å². The molecule has 0 aliphatic carbocycles. The maximum atomic E-state index is 12.2. The summed E-state index contributed by atoms with van der Waals surface area (Å²) in [6, 6.07) is 0.0875. The van der Waals surface area contributed by atoms with E-state index in [0.29, 0.717) is 12.6 Å². The summed E-state index contributed by atoms with van der Waals surface area (Å²) in [6.45, 7) is 10.1. The van der Waals surface area contributed by atoms with E-state index in [9.17, 15) is 4.79 Å². The lowest BCUT2D eigenvalue weighted by atomic mass is 10.0. The van der Waals surface area contributed by atoms with Gasteiger partial charge in [0.2, 0.25) is 5.91 Å².